The number of fused-ring (bicyclic) bond motifs is 4. The number of amides is 2. The van der Waals surface area contributed by atoms with Gasteiger partial charge in [-0.2, -0.15) is 0 Å². The second-order valence-electron chi connectivity index (χ2n) is 10.5. The van der Waals surface area contributed by atoms with Crippen molar-refractivity contribution in [2.45, 2.75) is 76.0 Å². The Morgan fingerprint density at radius 3 is 2.61 bits per heavy atom. The van der Waals surface area contributed by atoms with Crippen molar-refractivity contribution in [3.8, 4) is 5.75 Å². The quantitative estimate of drug-likeness (QED) is 0.578. The molecule has 196 valence electrons. The molecule has 2 N–H and O–H groups in total. The number of Topliss-reactive ketones (excluding diaryl/α,β-unsaturated/α-hetero) is 1. The first-order valence-electron chi connectivity index (χ1n) is 12.3. The molecular formula is C25H28ClF3N2O5. The maximum atomic E-state index is 13.2. The highest BCUT2D eigenvalue weighted by molar-refractivity contribution is 6.31. The van der Waals surface area contributed by atoms with Gasteiger partial charge in [0.25, 0.3) is 5.91 Å². The van der Waals surface area contributed by atoms with Gasteiger partial charge in [0.2, 0.25) is 5.91 Å². The van der Waals surface area contributed by atoms with E-state index in [1.54, 1.807) is 12.1 Å². The molecule has 2 amide bonds. The van der Waals surface area contributed by atoms with Crippen molar-refractivity contribution in [3.05, 3.63) is 28.8 Å². The molecule has 11 heteroatoms. The zero-order valence-electron chi connectivity index (χ0n) is 19.5. The fraction of sp³-hybridized carbons (Fsp3) is 0.640. The summed E-state index contributed by atoms with van der Waals surface area (Å²) in [6, 6.07) is 4.40. The molecule has 0 radical (unpaired) electrons. The van der Waals surface area contributed by atoms with Gasteiger partial charge in [0, 0.05) is 23.0 Å². The zero-order chi connectivity index (χ0) is 25.7. The Balaban J connectivity index is 1.13. The number of ketones is 1. The van der Waals surface area contributed by atoms with Crippen molar-refractivity contribution in [1.29, 1.82) is 0 Å². The molecule has 2 atom stereocenters. The minimum atomic E-state index is -4.66. The molecule has 6 rings (SSSR count). The number of ether oxygens (including phenoxy) is 2. The summed E-state index contributed by atoms with van der Waals surface area (Å²) in [6.07, 6.45) is -2.43. The van der Waals surface area contributed by atoms with Gasteiger partial charge in [-0.05, 0) is 75.0 Å². The fourth-order valence-corrected chi connectivity index (χ4v) is 6.36. The first-order chi connectivity index (χ1) is 17.0. The Bertz CT molecular complexity index is 1050. The minimum Gasteiger partial charge on any atom is -0.479 e. The summed E-state index contributed by atoms with van der Waals surface area (Å²) in [6.45, 7) is 0.380. The van der Waals surface area contributed by atoms with Crippen LogP contribution in [0.1, 0.15) is 61.7 Å². The summed E-state index contributed by atoms with van der Waals surface area (Å²) >= 11 is 5.95. The van der Waals surface area contributed by atoms with Crippen LogP contribution in [0.4, 0.5) is 13.2 Å². The summed E-state index contributed by atoms with van der Waals surface area (Å²) in [5, 5.41) is 6.27. The molecule has 1 heterocycles. The van der Waals surface area contributed by atoms with Crippen LogP contribution in [-0.4, -0.2) is 48.8 Å². The highest BCUT2D eigenvalue weighted by atomic mass is 35.5. The summed E-state index contributed by atoms with van der Waals surface area (Å²) in [5.41, 5.74) is -0.192. The lowest BCUT2D eigenvalue weighted by atomic mass is 9.55. The van der Waals surface area contributed by atoms with Gasteiger partial charge in [0.05, 0.1) is 18.1 Å². The lowest BCUT2D eigenvalue weighted by molar-refractivity contribution is -0.351. The standard InChI is InChI=1S/C25H28ClF3N2O5/c26-15-1-2-20-18(7-15)19(32)10-21(35-20)22(33)30-12-14-11-24(5-3-13(14)4-6-24)23(34)31-16-8-17(9-16)36-25(27,28)29/h1-2,7,13-14,16-17,21H,3-6,8-12H2,(H,30,33)(H,31,34)/t13?,14?,16?,17?,21-,24?/m1/s1. The molecule has 1 unspecified atom stereocenters. The van der Waals surface area contributed by atoms with Crippen LogP contribution in [0.3, 0.4) is 0 Å². The molecule has 0 saturated heterocycles. The molecule has 0 spiro atoms. The third kappa shape index (κ3) is 5.20. The third-order valence-electron chi connectivity index (χ3n) is 8.23. The van der Waals surface area contributed by atoms with Crippen LogP contribution in [0.25, 0.3) is 0 Å². The van der Waals surface area contributed by atoms with E-state index in [0.29, 0.717) is 35.2 Å². The van der Waals surface area contributed by atoms with Gasteiger partial charge in [-0.1, -0.05) is 11.6 Å². The van der Waals surface area contributed by atoms with Gasteiger partial charge in [0.1, 0.15) is 5.75 Å². The maximum Gasteiger partial charge on any atom is 0.522 e. The molecule has 36 heavy (non-hydrogen) atoms. The smallest absolute Gasteiger partial charge is 0.479 e. The van der Waals surface area contributed by atoms with E-state index >= 15 is 0 Å². The van der Waals surface area contributed by atoms with Crippen LogP contribution < -0.4 is 15.4 Å². The van der Waals surface area contributed by atoms with Crippen LogP contribution in [0.2, 0.25) is 5.02 Å². The number of hydrogen-bond donors (Lipinski definition) is 2. The average Bonchev–Trinajstić information content (AvgIpc) is 2.81. The number of hydrogen-bond acceptors (Lipinski definition) is 5. The molecule has 1 aromatic rings. The Morgan fingerprint density at radius 1 is 1.19 bits per heavy atom. The largest absolute Gasteiger partial charge is 0.522 e. The van der Waals surface area contributed by atoms with Crippen molar-refractivity contribution in [1.82, 2.24) is 10.6 Å². The van der Waals surface area contributed by atoms with E-state index in [1.807, 2.05) is 0 Å². The van der Waals surface area contributed by atoms with E-state index in [4.69, 9.17) is 16.3 Å². The van der Waals surface area contributed by atoms with Crippen LogP contribution in [-0.2, 0) is 14.3 Å². The van der Waals surface area contributed by atoms with Crippen LogP contribution in [0.15, 0.2) is 18.2 Å². The Kier molecular flexibility index (Phi) is 6.70. The lowest BCUT2D eigenvalue weighted by Crippen LogP contribution is -2.57. The van der Waals surface area contributed by atoms with Gasteiger partial charge in [-0.3, -0.25) is 19.1 Å². The molecule has 0 aromatic heterocycles. The van der Waals surface area contributed by atoms with Gasteiger partial charge < -0.3 is 15.4 Å². The predicted octanol–water partition coefficient (Wildman–Crippen LogP) is 4.17. The number of benzene rings is 1. The summed E-state index contributed by atoms with van der Waals surface area (Å²) in [4.78, 5) is 38.4. The van der Waals surface area contributed by atoms with E-state index in [-0.39, 0.29) is 48.8 Å². The Morgan fingerprint density at radius 2 is 1.92 bits per heavy atom. The Labute approximate surface area is 211 Å². The molecule has 2 bridgehead atoms. The van der Waals surface area contributed by atoms with Crippen LogP contribution in [0.5, 0.6) is 5.75 Å². The van der Waals surface area contributed by atoms with E-state index in [0.717, 1.165) is 25.7 Å². The van der Waals surface area contributed by atoms with Crippen molar-refractivity contribution >= 4 is 29.2 Å². The highest BCUT2D eigenvalue weighted by Gasteiger charge is 2.51. The minimum absolute atomic E-state index is 0.0694. The van der Waals surface area contributed by atoms with E-state index in [9.17, 15) is 27.6 Å². The van der Waals surface area contributed by atoms with Crippen molar-refractivity contribution in [2.75, 3.05) is 6.54 Å². The van der Waals surface area contributed by atoms with Gasteiger partial charge in [0.15, 0.2) is 11.9 Å². The molecule has 4 saturated carbocycles. The summed E-state index contributed by atoms with van der Waals surface area (Å²) in [7, 11) is 0. The number of carbonyl (C=O) groups excluding carboxylic acids is 3. The predicted molar refractivity (Wildman–Crippen MR) is 122 cm³/mol. The molecular weight excluding hydrogens is 501 g/mol. The molecule has 7 nitrogen and oxygen atoms in total. The monoisotopic (exact) mass is 528 g/mol. The van der Waals surface area contributed by atoms with E-state index < -0.39 is 24.0 Å². The number of nitrogens with one attached hydrogen (secondary N) is 2. The topological polar surface area (TPSA) is 93.7 Å². The van der Waals surface area contributed by atoms with E-state index in [1.165, 1.54) is 6.07 Å². The molecule has 5 aliphatic rings. The van der Waals surface area contributed by atoms with E-state index in [2.05, 4.69) is 15.4 Å². The lowest BCUT2D eigenvalue weighted by Gasteiger charge is -2.50. The SMILES string of the molecule is O=C1C[C@H](C(=O)NCC2CC3(C(=O)NC4CC(OC(F)(F)F)C4)CCC2CC3)Oc2ccc(Cl)cc21. The molecule has 1 aromatic carbocycles. The van der Waals surface area contributed by atoms with Gasteiger partial charge >= 0.3 is 6.36 Å². The summed E-state index contributed by atoms with van der Waals surface area (Å²) in [5.74, 6) is 0.158. The average molecular weight is 529 g/mol. The maximum absolute atomic E-state index is 13.2. The van der Waals surface area contributed by atoms with Crippen LogP contribution >= 0.6 is 11.6 Å². The Hall–Kier alpha value is -2.33. The molecule has 1 aliphatic heterocycles. The normalized spacial score (nSPS) is 33.2. The van der Waals surface area contributed by atoms with Crippen LogP contribution in [0, 0.1) is 17.3 Å². The highest BCUT2D eigenvalue weighted by Crippen LogP contribution is 2.53. The second kappa shape index (κ2) is 9.52. The zero-order valence-corrected chi connectivity index (χ0v) is 20.3. The number of alkyl halides is 3. The third-order valence-corrected chi connectivity index (χ3v) is 8.47. The number of rotatable bonds is 6. The number of carbonyl (C=O) groups is 3. The molecule has 4 aliphatic carbocycles. The van der Waals surface area contributed by atoms with Gasteiger partial charge in [-0.15, -0.1) is 13.2 Å². The first-order valence-corrected chi connectivity index (χ1v) is 12.7. The summed E-state index contributed by atoms with van der Waals surface area (Å²) < 4.78 is 46.8. The van der Waals surface area contributed by atoms with Crippen molar-refractivity contribution in [3.63, 3.8) is 0 Å². The van der Waals surface area contributed by atoms with Crippen molar-refractivity contribution < 1.29 is 37.0 Å². The second-order valence-corrected chi connectivity index (χ2v) is 11.0. The van der Waals surface area contributed by atoms with Gasteiger partial charge in [-0.25, -0.2) is 0 Å². The fourth-order valence-electron chi connectivity index (χ4n) is 6.19. The molecule has 4 fully saturated rings. The first kappa shape index (κ1) is 25.3. The number of halogens is 4. The van der Waals surface area contributed by atoms with Crippen molar-refractivity contribution in [2.24, 2.45) is 17.3 Å².